The first kappa shape index (κ1) is 14.0. The lowest BCUT2D eigenvalue weighted by molar-refractivity contribution is 0.189. The molecule has 1 aromatic carbocycles. The van der Waals surface area contributed by atoms with Crippen LogP contribution >= 0.6 is 0 Å². The molecule has 0 saturated carbocycles. The standard InChI is InChI=1S/C15H25NO/c1-4-6-13-8-10-14(11-9-13)17-15(7-5-2)12-16-3/h8-11,15-16H,4-7,12H2,1-3H3. The number of nitrogens with one attached hydrogen (secondary N) is 1. The Morgan fingerprint density at radius 2 is 1.82 bits per heavy atom. The van der Waals surface area contributed by atoms with Crippen molar-refractivity contribution >= 4 is 0 Å². The molecule has 0 aliphatic rings. The summed E-state index contributed by atoms with van der Waals surface area (Å²) in [5.41, 5.74) is 1.39. The lowest BCUT2D eigenvalue weighted by Gasteiger charge is -2.18. The predicted octanol–water partition coefficient (Wildman–Crippen LogP) is 3.41. The Morgan fingerprint density at radius 3 is 2.35 bits per heavy atom. The third-order valence-electron chi connectivity index (χ3n) is 2.81. The Labute approximate surface area is 105 Å². The third kappa shape index (κ3) is 5.22. The summed E-state index contributed by atoms with van der Waals surface area (Å²) in [6.07, 6.45) is 4.87. The fourth-order valence-electron chi connectivity index (χ4n) is 1.97. The van der Waals surface area contributed by atoms with Gasteiger partial charge in [-0.15, -0.1) is 0 Å². The Hall–Kier alpha value is -1.02. The van der Waals surface area contributed by atoms with Crippen molar-refractivity contribution in [1.29, 1.82) is 0 Å². The molecule has 0 bridgehead atoms. The van der Waals surface area contributed by atoms with E-state index in [1.165, 1.54) is 12.0 Å². The Bertz CT molecular complexity index is 288. The van der Waals surface area contributed by atoms with Crippen LogP contribution in [0.1, 0.15) is 38.7 Å². The number of rotatable bonds is 8. The maximum atomic E-state index is 5.97. The molecule has 1 unspecified atom stereocenters. The summed E-state index contributed by atoms with van der Waals surface area (Å²) in [6.45, 7) is 5.30. The topological polar surface area (TPSA) is 21.3 Å². The van der Waals surface area contributed by atoms with Gasteiger partial charge in [0.25, 0.3) is 0 Å². The number of hydrogen-bond acceptors (Lipinski definition) is 2. The summed E-state index contributed by atoms with van der Waals surface area (Å²) < 4.78 is 5.97. The van der Waals surface area contributed by atoms with E-state index in [9.17, 15) is 0 Å². The summed E-state index contributed by atoms with van der Waals surface area (Å²) in [5.74, 6) is 0.985. The van der Waals surface area contributed by atoms with Crippen molar-refractivity contribution in [3.63, 3.8) is 0 Å². The highest BCUT2D eigenvalue weighted by Gasteiger charge is 2.08. The normalized spacial score (nSPS) is 12.4. The highest BCUT2D eigenvalue weighted by Crippen LogP contribution is 2.16. The van der Waals surface area contributed by atoms with Crippen molar-refractivity contribution in [3.8, 4) is 5.75 Å². The monoisotopic (exact) mass is 235 g/mol. The molecule has 1 rings (SSSR count). The molecule has 1 aromatic rings. The average molecular weight is 235 g/mol. The van der Waals surface area contributed by atoms with Crippen LogP contribution in [-0.2, 0) is 6.42 Å². The first-order valence-electron chi connectivity index (χ1n) is 6.70. The zero-order chi connectivity index (χ0) is 12.5. The minimum atomic E-state index is 0.280. The summed E-state index contributed by atoms with van der Waals surface area (Å²) in [6, 6.07) is 8.51. The Kier molecular flexibility index (Phi) is 6.71. The quantitative estimate of drug-likeness (QED) is 0.745. The lowest BCUT2D eigenvalue weighted by atomic mass is 10.1. The molecule has 1 N–H and O–H groups in total. The number of ether oxygens (including phenoxy) is 1. The van der Waals surface area contributed by atoms with Crippen molar-refractivity contribution < 1.29 is 4.74 Å². The van der Waals surface area contributed by atoms with Gasteiger partial charge >= 0.3 is 0 Å². The molecule has 0 aliphatic heterocycles. The molecule has 0 amide bonds. The van der Waals surface area contributed by atoms with Crippen molar-refractivity contribution in [1.82, 2.24) is 5.32 Å². The molecule has 17 heavy (non-hydrogen) atoms. The van der Waals surface area contributed by atoms with Crippen molar-refractivity contribution in [2.75, 3.05) is 13.6 Å². The number of benzene rings is 1. The van der Waals surface area contributed by atoms with E-state index < -0.39 is 0 Å². The van der Waals surface area contributed by atoms with Crippen LogP contribution in [-0.4, -0.2) is 19.7 Å². The largest absolute Gasteiger partial charge is 0.489 e. The second-order valence-electron chi connectivity index (χ2n) is 4.48. The summed E-state index contributed by atoms with van der Waals surface area (Å²) in [7, 11) is 1.97. The van der Waals surface area contributed by atoms with Gasteiger partial charge in [0.1, 0.15) is 11.9 Å². The highest BCUT2D eigenvalue weighted by atomic mass is 16.5. The first-order chi connectivity index (χ1) is 8.30. The molecule has 0 fully saturated rings. The van der Waals surface area contributed by atoms with E-state index in [0.717, 1.165) is 31.6 Å². The Balaban J connectivity index is 2.53. The van der Waals surface area contributed by atoms with E-state index in [-0.39, 0.29) is 6.10 Å². The second kappa shape index (κ2) is 8.13. The van der Waals surface area contributed by atoms with Crippen LogP contribution in [0, 0.1) is 0 Å². The molecule has 0 heterocycles. The van der Waals surface area contributed by atoms with Gasteiger partial charge in [-0.05, 0) is 37.6 Å². The van der Waals surface area contributed by atoms with Crippen LogP contribution in [0.15, 0.2) is 24.3 Å². The Morgan fingerprint density at radius 1 is 1.12 bits per heavy atom. The van der Waals surface area contributed by atoms with Crippen LogP contribution in [0.2, 0.25) is 0 Å². The minimum Gasteiger partial charge on any atom is -0.489 e. The molecular weight excluding hydrogens is 210 g/mol. The van der Waals surface area contributed by atoms with E-state index in [1.807, 2.05) is 7.05 Å². The summed E-state index contributed by atoms with van der Waals surface area (Å²) in [4.78, 5) is 0. The van der Waals surface area contributed by atoms with Gasteiger partial charge in [-0.25, -0.2) is 0 Å². The van der Waals surface area contributed by atoms with Gasteiger partial charge < -0.3 is 10.1 Å². The zero-order valence-corrected chi connectivity index (χ0v) is 11.3. The van der Waals surface area contributed by atoms with Crippen LogP contribution in [0.3, 0.4) is 0 Å². The van der Waals surface area contributed by atoms with Crippen molar-refractivity contribution in [2.24, 2.45) is 0 Å². The molecule has 0 radical (unpaired) electrons. The SMILES string of the molecule is CCCc1ccc(OC(CCC)CNC)cc1. The van der Waals surface area contributed by atoms with E-state index in [1.54, 1.807) is 0 Å². The van der Waals surface area contributed by atoms with Gasteiger partial charge in [0.15, 0.2) is 0 Å². The van der Waals surface area contributed by atoms with Crippen LogP contribution in [0.5, 0.6) is 5.75 Å². The molecular formula is C15H25NO. The highest BCUT2D eigenvalue weighted by molar-refractivity contribution is 5.27. The molecule has 2 nitrogen and oxygen atoms in total. The summed E-state index contributed by atoms with van der Waals surface area (Å²) in [5, 5.41) is 3.18. The van der Waals surface area contributed by atoms with Gasteiger partial charge in [-0.1, -0.05) is 38.8 Å². The van der Waals surface area contributed by atoms with E-state index in [2.05, 4.69) is 43.4 Å². The van der Waals surface area contributed by atoms with E-state index in [0.29, 0.717) is 0 Å². The number of aryl methyl sites for hydroxylation is 1. The van der Waals surface area contributed by atoms with Gasteiger partial charge in [-0.3, -0.25) is 0 Å². The molecule has 1 atom stereocenters. The van der Waals surface area contributed by atoms with E-state index in [4.69, 9.17) is 4.74 Å². The molecule has 0 saturated heterocycles. The lowest BCUT2D eigenvalue weighted by Crippen LogP contribution is -2.29. The zero-order valence-electron chi connectivity index (χ0n) is 11.3. The smallest absolute Gasteiger partial charge is 0.119 e. The number of hydrogen-bond donors (Lipinski definition) is 1. The van der Waals surface area contributed by atoms with Crippen molar-refractivity contribution in [2.45, 2.75) is 45.6 Å². The molecule has 96 valence electrons. The summed E-state index contributed by atoms with van der Waals surface area (Å²) >= 11 is 0. The first-order valence-corrected chi connectivity index (χ1v) is 6.70. The van der Waals surface area contributed by atoms with Crippen LogP contribution in [0.4, 0.5) is 0 Å². The average Bonchev–Trinajstić information content (AvgIpc) is 2.33. The maximum Gasteiger partial charge on any atom is 0.119 e. The van der Waals surface area contributed by atoms with E-state index >= 15 is 0 Å². The molecule has 0 spiro atoms. The van der Waals surface area contributed by atoms with Gasteiger partial charge in [0, 0.05) is 6.54 Å². The molecule has 0 aromatic heterocycles. The van der Waals surface area contributed by atoms with Crippen molar-refractivity contribution in [3.05, 3.63) is 29.8 Å². The van der Waals surface area contributed by atoms with Gasteiger partial charge in [0.2, 0.25) is 0 Å². The molecule has 0 aliphatic carbocycles. The minimum absolute atomic E-state index is 0.280. The maximum absolute atomic E-state index is 5.97. The second-order valence-corrected chi connectivity index (χ2v) is 4.48. The van der Waals surface area contributed by atoms with Gasteiger partial charge in [-0.2, -0.15) is 0 Å². The third-order valence-corrected chi connectivity index (χ3v) is 2.81. The van der Waals surface area contributed by atoms with Crippen LogP contribution in [0.25, 0.3) is 0 Å². The fourth-order valence-corrected chi connectivity index (χ4v) is 1.97. The molecule has 2 heteroatoms. The predicted molar refractivity (Wildman–Crippen MR) is 73.7 cm³/mol. The van der Waals surface area contributed by atoms with Crippen LogP contribution < -0.4 is 10.1 Å². The fraction of sp³-hybridized carbons (Fsp3) is 0.600. The van der Waals surface area contributed by atoms with Gasteiger partial charge in [0.05, 0.1) is 0 Å². The number of likely N-dealkylation sites (N-methyl/N-ethyl adjacent to an activating group) is 1.